The number of rotatable bonds is 5. The highest BCUT2D eigenvalue weighted by molar-refractivity contribution is 6.11. The highest BCUT2D eigenvalue weighted by atomic mass is 19.4. The Morgan fingerprint density at radius 3 is 1.43 bits per heavy atom. The molecule has 0 amide bonds. The number of nitrogens with zero attached hydrogens (tertiary/aromatic N) is 7. The van der Waals surface area contributed by atoms with Crippen molar-refractivity contribution in [3.05, 3.63) is 163 Å². The van der Waals surface area contributed by atoms with E-state index in [1.54, 1.807) is 49.1 Å². The monoisotopic (exact) mass is 779 g/mol. The summed E-state index contributed by atoms with van der Waals surface area (Å²) >= 11 is 0. The van der Waals surface area contributed by atoms with Gasteiger partial charge >= 0.3 is 12.4 Å². The number of pyridine rings is 1. The van der Waals surface area contributed by atoms with Crippen molar-refractivity contribution in [2.24, 2.45) is 0 Å². The number of allylic oxidation sites excluding steroid dienone is 4. The van der Waals surface area contributed by atoms with Crippen LogP contribution in [0, 0.1) is 0 Å². The molecule has 9 aromatic rings. The molecular weight excluding hydrogens is 753 g/mol. The van der Waals surface area contributed by atoms with E-state index in [4.69, 9.17) is 4.98 Å². The summed E-state index contributed by atoms with van der Waals surface area (Å²) in [5.74, 6) is 0.240. The van der Waals surface area contributed by atoms with Crippen molar-refractivity contribution in [3.8, 4) is 34.4 Å². The predicted octanol–water partition coefficient (Wildman–Crippen LogP) is 11.7. The molecule has 284 valence electrons. The Morgan fingerprint density at radius 1 is 0.500 bits per heavy atom. The highest BCUT2D eigenvalue weighted by Crippen LogP contribution is 2.45. The van der Waals surface area contributed by atoms with Crippen molar-refractivity contribution >= 4 is 43.6 Å². The number of para-hydroxylation sites is 2. The fraction of sp³-hybridized carbons (Fsp3) is 0.0889. The van der Waals surface area contributed by atoms with Gasteiger partial charge in [0.05, 0.1) is 27.6 Å². The third-order valence-corrected chi connectivity index (χ3v) is 10.5. The maximum absolute atomic E-state index is 14.3. The van der Waals surface area contributed by atoms with Crippen LogP contribution in [-0.4, -0.2) is 46.4 Å². The van der Waals surface area contributed by atoms with Gasteiger partial charge in [0, 0.05) is 69.0 Å². The molecule has 5 heterocycles. The van der Waals surface area contributed by atoms with Gasteiger partial charge in [0.25, 0.3) is 0 Å². The Kier molecular flexibility index (Phi) is 8.04. The summed E-state index contributed by atoms with van der Waals surface area (Å²) in [7, 11) is 0. The maximum atomic E-state index is 14.3. The molecule has 4 aromatic carbocycles. The topological polar surface area (TPSA) is 74.3 Å². The largest absolute Gasteiger partial charge is 0.416 e. The Bertz CT molecular complexity index is 2950. The van der Waals surface area contributed by atoms with Crippen molar-refractivity contribution in [2.75, 3.05) is 0 Å². The van der Waals surface area contributed by atoms with E-state index in [0.717, 1.165) is 38.7 Å². The average Bonchev–Trinajstić information content (AvgIpc) is 3.75. The van der Waals surface area contributed by atoms with Gasteiger partial charge in [-0.25, -0.2) is 24.9 Å². The van der Waals surface area contributed by atoms with Crippen LogP contribution in [0.5, 0.6) is 0 Å². The zero-order valence-corrected chi connectivity index (χ0v) is 30.0. The number of halogens is 6. The van der Waals surface area contributed by atoms with E-state index >= 15 is 0 Å². The van der Waals surface area contributed by atoms with Crippen LogP contribution in [0.15, 0.2) is 157 Å². The molecule has 1 atom stereocenters. The first-order valence-corrected chi connectivity index (χ1v) is 18.2. The fourth-order valence-electron chi connectivity index (χ4n) is 7.97. The number of hydrogen-bond donors (Lipinski definition) is 0. The van der Waals surface area contributed by atoms with Crippen LogP contribution < -0.4 is 0 Å². The molecule has 0 N–H and O–H groups in total. The smallest absolute Gasteiger partial charge is 0.294 e. The molecule has 0 saturated carbocycles. The molecule has 1 aliphatic rings. The van der Waals surface area contributed by atoms with E-state index in [0.29, 0.717) is 45.4 Å². The normalized spacial score (nSPS) is 15.0. The van der Waals surface area contributed by atoms with Crippen molar-refractivity contribution in [1.29, 1.82) is 0 Å². The summed E-state index contributed by atoms with van der Waals surface area (Å²) in [6.07, 6.45) is -3.06. The first kappa shape index (κ1) is 35.3. The number of alkyl halides is 6. The molecule has 0 spiro atoms. The molecule has 1 unspecified atom stereocenters. The second-order valence-electron chi connectivity index (χ2n) is 14.0. The summed E-state index contributed by atoms with van der Waals surface area (Å²) in [6.45, 7) is 0. The summed E-state index contributed by atoms with van der Waals surface area (Å²) in [5, 5.41) is 3.45. The summed E-state index contributed by atoms with van der Waals surface area (Å²) in [4.78, 5) is 23.0. The Labute approximate surface area is 325 Å². The van der Waals surface area contributed by atoms with Gasteiger partial charge in [-0.3, -0.25) is 9.13 Å². The van der Waals surface area contributed by atoms with Gasteiger partial charge in [-0.1, -0.05) is 66.7 Å². The van der Waals surface area contributed by atoms with Crippen molar-refractivity contribution in [1.82, 2.24) is 34.1 Å². The number of aromatic nitrogens is 7. The predicted molar refractivity (Wildman–Crippen MR) is 211 cm³/mol. The van der Waals surface area contributed by atoms with Gasteiger partial charge in [0.1, 0.15) is 11.6 Å². The quantitative estimate of drug-likeness (QED) is 0.163. The van der Waals surface area contributed by atoms with E-state index < -0.39 is 35.8 Å². The van der Waals surface area contributed by atoms with Crippen LogP contribution >= 0.6 is 0 Å². The van der Waals surface area contributed by atoms with Crippen molar-refractivity contribution in [2.45, 2.75) is 24.7 Å². The van der Waals surface area contributed by atoms with E-state index in [-0.39, 0.29) is 11.6 Å². The van der Waals surface area contributed by atoms with E-state index in [2.05, 4.69) is 19.9 Å². The molecule has 7 nitrogen and oxygen atoms in total. The molecule has 1 aliphatic carbocycles. The van der Waals surface area contributed by atoms with Crippen molar-refractivity contribution in [3.63, 3.8) is 0 Å². The lowest BCUT2D eigenvalue weighted by Gasteiger charge is -2.25. The average molecular weight is 780 g/mol. The minimum atomic E-state index is -5.01. The molecule has 0 bridgehead atoms. The lowest BCUT2D eigenvalue weighted by Crippen LogP contribution is -2.22. The van der Waals surface area contributed by atoms with E-state index in [9.17, 15) is 26.3 Å². The lowest BCUT2D eigenvalue weighted by molar-refractivity contribution is -0.0991. The molecule has 0 saturated heterocycles. The number of fused-ring (bicyclic) bond motifs is 6. The van der Waals surface area contributed by atoms with Crippen LogP contribution in [0.3, 0.4) is 0 Å². The molecule has 0 aliphatic heterocycles. The van der Waals surface area contributed by atoms with Gasteiger partial charge < -0.3 is 0 Å². The summed E-state index contributed by atoms with van der Waals surface area (Å²) in [6, 6.07) is 33.4. The zero-order chi connectivity index (χ0) is 39.8. The summed E-state index contributed by atoms with van der Waals surface area (Å²) in [5.41, 5.74) is 1.86. The van der Waals surface area contributed by atoms with Crippen LogP contribution in [0.1, 0.15) is 17.9 Å². The number of benzene rings is 4. The standard InChI is InChI=1S/C45H27F6N7/c46-44(47,48)30-19-28(20-31(25-30)45(49,50)51)29-23-40(57-36-9-3-1-7-32(36)34-13-11-26(21-38(34)57)42-52-15-5-16-53-42)56-41(24-29)58-37-10-4-2-8-33(37)35-14-12-27(22-39(35)58)43-54-17-6-18-55-43/h1-19,21-25,28H,20H2. The van der Waals surface area contributed by atoms with E-state index in [1.165, 1.54) is 0 Å². The second kappa shape index (κ2) is 13.2. The Morgan fingerprint density at radius 2 is 0.966 bits per heavy atom. The SMILES string of the molecule is FC(F)(F)C1=CC(c2cc(-n3c4ccccc4c4ccc(-c5ncccn5)cc43)nc(-n3c4ccccc4c4ccc(-c5ncccn5)cc43)c2)CC(C(F)(F)F)=C1. The first-order valence-electron chi connectivity index (χ1n) is 18.2. The van der Waals surface area contributed by atoms with Gasteiger partial charge in [-0.15, -0.1) is 0 Å². The van der Waals surface area contributed by atoms with Gasteiger partial charge in [0.15, 0.2) is 11.6 Å². The van der Waals surface area contributed by atoms with Gasteiger partial charge in [-0.05, 0) is 66.6 Å². The summed E-state index contributed by atoms with van der Waals surface area (Å²) < 4.78 is 89.8. The molecule has 0 fully saturated rings. The van der Waals surface area contributed by atoms with Crippen LogP contribution in [0.2, 0.25) is 0 Å². The Balaban J connectivity index is 1.29. The fourth-order valence-corrected chi connectivity index (χ4v) is 7.97. The molecule has 58 heavy (non-hydrogen) atoms. The minimum Gasteiger partial charge on any atom is -0.294 e. The first-order chi connectivity index (χ1) is 28.0. The van der Waals surface area contributed by atoms with E-state index in [1.807, 2.05) is 94.1 Å². The van der Waals surface area contributed by atoms with Crippen LogP contribution in [0.25, 0.3) is 78.0 Å². The lowest BCUT2D eigenvalue weighted by atomic mass is 9.85. The Hall–Kier alpha value is -7.15. The van der Waals surface area contributed by atoms with Gasteiger partial charge in [-0.2, -0.15) is 26.3 Å². The maximum Gasteiger partial charge on any atom is 0.416 e. The zero-order valence-electron chi connectivity index (χ0n) is 30.0. The van der Waals surface area contributed by atoms with Crippen LogP contribution in [0.4, 0.5) is 26.3 Å². The second-order valence-corrected chi connectivity index (χ2v) is 14.0. The van der Waals surface area contributed by atoms with Crippen LogP contribution in [-0.2, 0) is 0 Å². The minimum absolute atomic E-state index is 0.208. The highest BCUT2D eigenvalue weighted by Gasteiger charge is 2.42. The number of hydrogen-bond acceptors (Lipinski definition) is 5. The molecule has 13 heteroatoms. The molecule has 5 aromatic heterocycles. The van der Waals surface area contributed by atoms with Crippen molar-refractivity contribution < 1.29 is 26.3 Å². The molecular formula is C45H27F6N7. The third-order valence-electron chi connectivity index (χ3n) is 10.5. The molecule has 10 rings (SSSR count). The third kappa shape index (κ3) is 5.97. The van der Waals surface area contributed by atoms with Gasteiger partial charge in [0.2, 0.25) is 0 Å². The molecule has 0 radical (unpaired) electrons.